The minimum atomic E-state index is -0.551. The van der Waals surface area contributed by atoms with Gasteiger partial charge in [0.15, 0.2) is 0 Å². The SMILES string of the molecule is C[N+](C)(C)[B-](C#N)C#N. The van der Waals surface area contributed by atoms with Gasteiger partial charge in [-0.15, -0.1) is 0 Å². The van der Waals surface area contributed by atoms with Crippen LogP contribution in [0.3, 0.4) is 0 Å². The summed E-state index contributed by atoms with van der Waals surface area (Å²) in [5.41, 5.74) is 0. The fourth-order valence-corrected chi connectivity index (χ4v) is 0.375. The van der Waals surface area contributed by atoms with Crippen molar-refractivity contribution in [3.05, 3.63) is 0 Å². The summed E-state index contributed by atoms with van der Waals surface area (Å²) in [5.74, 6) is 3.81. The Labute approximate surface area is 55.8 Å². The van der Waals surface area contributed by atoms with Crippen molar-refractivity contribution in [3.63, 3.8) is 0 Å². The summed E-state index contributed by atoms with van der Waals surface area (Å²) in [6.45, 7) is -0.551. The highest BCUT2D eigenvalue weighted by molar-refractivity contribution is 6.67. The van der Waals surface area contributed by atoms with E-state index in [1.165, 1.54) is 0 Å². The van der Waals surface area contributed by atoms with Gasteiger partial charge in [0.1, 0.15) is 0 Å². The maximum Gasteiger partial charge on any atom is 0.352 e. The van der Waals surface area contributed by atoms with E-state index in [-0.39, 0.29) is 0 Å². The van der Waals surface area contributed by atoms with Crippen LogP contribution in [0, 0.1) is 22.5 Å². The van der Waals surface area contributed by atoms with Crippen LogP contribution in [0.2, 0.25) is 0 Å². The number of nitrogens with zero attached hydrogens (tertiary/aromatic N) is 3. The lowest BCUT2D eigenvalue weighted by atomic mass is 9.63. The Balaban J connectivity index is 4.23. The van der Waals surface area contributed by atoms with Crippen molar-refractivity contribution < 1.29 is 4.39 Å². The number of hydrogen-bond acceptors (Lipinski definition) is 2. The van der Waals surface area contributed by atoms with Gasteiger partial charge in [-0.05, 0) is 0 Å². The Kier molecular flexibility index (Phi) is 2.24. The van der Waals surface area contributed by atoms with E-state index in [9.17, 15) is 0 Å². The van der Waals surface area contributed by atoms with Gasteiger partial charge in [-0.3, -0.25) is 0 Å². The molecule has 0 amide bonds. The highest BCUT2D eigenvalue weighted by atomic mass is 15.2. The zero-order valence-corrected chi connectivity index (χ0v) is 5.92. The number of rotatable bonds is 1. The van der Waals surface area contributed by atoms with Crippen LogP contribution in [0.5, 0.6) is 0 Å². The van der Waals surface area contributed by atoms with Gasteiger partial charge in [0.2, 0.25) is 0 Å². The van der Waals surface area contributed by atoms with Crippen molar-refractivity contribution in [2.75, 3.05) is 21.1 Å². The molecular weight excluding hydrogens is 113 g/mol. The summed E-state index contributed by atoms with van der Waals surface area (Å²) >= 11 is 0. The summed E-state index contributed by atoms with van der Waals surface area (Å²) < 4.78 is 0.382. The molecule has 0 aromatic rings. The van der Waals surface area contributed by atoms with E-state index in [4.69, 9.17) is 10.5 Å². The van der Waals surface area contributed by atoms with E-state index in [2.05, 4.69) is 0 Å². The van der Waals surface area contributed by atoms with Crippen LogP contribution in [0.15, 0.2) is 0 Å². The van der Waals surface area contributed by atoms with Crippen molar-refractivity contribution in [3.8, 4) is 11.9 Å². The smallest absolute Gasteiger partial charge is 0.352 e. The second-order valence-electron chi connectivity index (χ2n) is 2.78. The van der Waals surface area contributed by atoms with Crippen molar-refractivity contribution in [1.29, 1.82) is 10.5 Å². The standard InChI is InChI=1S/C5H9BN3/c1-9(2,3)6(4-7)5-8/h1-3H3. The Morgan fingerprint density at radius 2 is 1.44 bits per heavy atom. The molecule has 3 nitrogen and oxygen atoms in total. The van der Waals surface area contributed by atoms with Crippen molar-refractivity contribution in [2.24, 2.45) is 0 Å². The Bertz CT molecular complexity index is 154. The molecule has 0 atom stereocenters. The first-order chi connectivity index (χ1) is 4.02. The number of nitriles is 2. The zero-order chi connectivity index (χ0) is 7.49. The van der Waals surface area contributed by atoms with Crippen molar-refractivity contribution in [1.82, 2.24) is 0 Å². The van der Waals surface area contributed by atoms with Crippen LogP contribution in [-0.4, -0.2) is 32.4 Å². The minimum absolute atomic E-state index is 0.382. The highest BCUT2D eigenvalue weighted by Gasteiger charge is 2.13. The fourth-order valence-electron chi connectivity index (χ4n) is 0.375. The van der Waals surface area contributed by atoms with Crippen LogP contribution in [0.25, 0.3) is 0 Å². The van der Waals surface area contributed by atoms with Gasteiger partial charge in [-0.2, -0.15) is 0 Å². The molecule has 47 valence electrons. The second-order valence-corrected chi connectivity index (χ2v) is 2.78. The first-order valence-electron chi connectivity index (χ1n) is 2.62. The minimum Gasteiger partial charge on any atom is -0.520 e. The van der Waals surface area contributed by atoms with Gasteiger partial charge >= 0.3 is 6.85 Å². The summed E-state index contributed by atoms with van der Waals surface area (Å²) in [5, 5.41) is 16.7. The van der Waals surface area contributed by atoms with Gasteiger partial charge in [-0.25, -0.2) is 10.5 Å². The van der Waals surface area contributed by atoms with Crippen molar-refractivity contribution >= 4 is 6.85 Å². The lowest BCUT2D eigenvalue weighted by molar-refractivity contribution is -0.758. The molecule has 0 aromatic heterocycles. The molecule has 0 spiro atoms. The summed E-state index contributed by atoms with van der Waals surface area (Å²) in [4.78, 5) is 0. The molecule has 1 radical (unpaired) electrons. The average molecular weight is 122 g/mol. The monoisotopic (exact) mass is 122 g/mol. The molecule has 0 aliphatic heterocycles. The molecule has 0 aromatic carbocycles. The summed E-state index contributed by atoms with van der Waals surface area (Å²) in [7, 11) is 5.45. The molecule has 0 fully saturated rings. The zero-order valence-electron chi connectivity index (χ0n) is 5.92. The van der Waals surface area contributed by atoms with Gasteiger partial charge in [0.05, 0.1) is 0 Å². The van der Waals surface area contributed by atoms with E-state index in [1.807, 2.05) is 33.1 Å². The lowest BCUT2D eigenvalue weighted by Gasteiger charge is -2.35. The molecule has 0 rings (SSSR count). The highest BCUT2D eigenvalue weighted by Crippen LogP contribution is 1.93. The van der Waals surface area contributed by atoms with Crippen LogP contribution in [0.4, 0.5) is 0 Å². The van der Waals surface area contributed by atoms with Gasteiger partial charge in [-0.1, -0.05) is 11.9 Å². The quantitative estimate of drug-likeness (QED) is 0.452. The maximum atomic E-state index is 8.37. The Hall–Kier alpha value is -0.995. The molecule has 9 heavy (non-hydrogen) atoms. The van der Waals surface area contributed by atoms with Gasteiger partial charge in [0.25, 0.3) is 0 Å². The first-order valence-corrected chi connectivity index (χ1v) is 2.62. The third-order valence-corrected chi connectivity index (χ3v) is 1.02. The van der Waals surface area contributed by atoms with Gasteiger partial charge in [0, 0.05) is 21.1 Å². The molecule has 0 aliphatic carbocycles. The molecule has 0 heterocycles. The Morgan fingerprint density at radius 3 is 1.44 bits per heavy atom. The molecule has 0 saturated heterocycles. The van der Waals surface area contributed by atoms with E-state index in [0.29, 0.717) is 4.39 Å². The molecule has 0 aliphatic rings. The van der Waals surface area contributed by atoms with Crippen LogP contribution in [0.1, 0.15) is 0 Å². The second kappa shape index (κ2) is 2.52. The van der Waals surface area contributed by atoms with Gasteiger partial charge < -0.3 is 4.39 Å². The van der Waals surface area contributed by atoms with Crippen LogP contribution < -0.4 is 0 Å². The third-order valence-electron chi connectivity index (χ3n) is 1.02. The predicted octanol–water partition coefficient (Wildman–Crippen LogP) is -0.190. The Morgan fingerprint density at radius 1 is 1.11 bits per heavy atom. The normalized spacial score (nSPS) is 10.4. The number of hydrogen-bond donors (Lipinski definition) is 0. The maximum absolute atomic E-state index is 8.37. The summed E-state index contributed by atoms with van der Waals surface area (Å²) in [6, 6.07) is 0. The molecule has 0 unspecified atom stereocenters. The third kappa shape index (κ3) is 2.16. The molecule has 0 N–H and O–H groups in total. The van der Waals surface area contributed by atoms with Crippen LogP contribution >= 0.6 is 0 Å². The fraction of sp³-hybridized carbons (Fsp3) is 0.600. The average Bonchev–Trinajstić information content (AvgIpc) is 1.65. The topological polar surface area (TPSA) is 47.6 Å². The molecule has 0 bridgehead atoms. The van der Waals surface area contributed by atoms with E-state index < -0.39 is 6.85 Å². The van der Waals surface area contributed by atoms with E-state index in [0.717, 1.165) is 0 Å². The van der Waals surface area contributed by atoms with Crippen LogP contribution in [-0.2, 0) is 0 Å². The predicted molar refractivity (Wildman–Crippen MR) is 35.0 cm³/mol. The summed E-state index contributed by atoms with van der Waals surface area (Å²) in [6.07, 6.45) is 0. The van der Waals surface area contributed by atoms with E-state index >= 15 is 0 Å². The van der Waals surface area contributed by atoms with E-state index in [1.54, 1.807) is 0 Å². The molecule has 0 saturated carbocycles. The van der Waals surface area contributed by atoms with Crippen molar-refractivity contribution in [2.45, 2.75) is 0 Å². The number of quaternary nitrogens is 1. The molecule has 4 heteroatoms. The lowest BCUT2D eigenvalue weighted by Crippen LogP contribution is -2.47. The first kappa shape index (κ1) is 8.00. The molecular formula is C5H9BN3. The largest absolute Gasteiger partial charge is 0.520 e.